The Morgan fingerprint density at radius 1 is 0.263 bits per heavy atom. The first-order valence-electron chi connectivity index (χ1n) is 35.1. The fraction of sp³-hybridized carbons (Fsp3) is 0.395. The van der Waals surface area contributed by atoms with E-state index in [2.05, 4.69) is 55.5 Å². The van der Waals surface area contributed by atoms with Crippen molar-refractivity contribution >= 4 is 23.5 Å². The number of nitrogen functional groups attached to an aromatic ring is 4. The van der Waals surface area contributed by atoms with E-state index in [0.717, 1.165) is 33.4 Å². The average Bonchev–Trinajstić information content (AvgIpc) is 0.826. The number of aromatic nitrogens is 4. The molecular weight excluding hydrogens is 1460 g/mol. The minimum absolute atomic E-state index is 0.00806. The summed E-state index contributed by atoms with van der Waals surface area (Å²) in [5.74, 6) is 29.2. The zero-order valence-corrected chi connectivity index (χ0v) is 70.8. The largest absolute Gasteiger partial charge is 0.493 e. The number of benzene rings is 6. The lowest BCUT2D eigenvalue weighted by molar-refractivity contribution is 0.119. The molecule has 616 valence electrons. The maximum absolute atomic E-state index is 5.89. The molecule has 114 heavy (non-hydrogen) atoms. The fourth-order valence-electron chi connectivity index (χ4n) is 10.6. The third kappa shape index (κ3) is 25.6. The van der Waals surface area contributed by atoms with Gasteiger partial charge in [-0.2, -0.15) is 9.97 Å². The molecule has 28 nitrogen and oxygen atoms in total. The van der Waals surface area contributed by atoms with Gasteiger partial charge in [-0.1, -0.05) is 35.5 Å². The Labute approximate surface area is 672 Å². The molecule has 6 atom stereocenters. The van der Waals surface area contributed by atoms with Crippen molar-refractivity contribution in [3.8, 4) is 152 Å². The summed E-state index contributed by atoms with van der Waals surface area (Å²) in [5, 5.41) is 0. The summed E-state index contributed by atoms with van der Waals surface area (Å²) in [5.41, 5.74) is 31.1. The summed E-state index contributed by atoms with van der Waals surface area (Å²) in [4.78, 5) is 16.1. The average molecular weight is 1580 g/mol. The van der Waals surface area contributed by atoms with Gasteiger partial charge >= 0.3 is 0 Å². The van der Waals surface area contributed by atoms with Crippen LogP contribution in [0.15, 0.2) is 72.8 Å². The van der Waals surface area contributed by atoms with E-state index in [1.807, 2.05) is 114 Å². The van der Waals surface area contributed by atoms with E-state index >= 15 is 0 Å². The van der Waals surface area contributed by atoms with Crippen LogP contribution in [0.25, 0.3) is 0 Å². The van der Waals surface area contributed by atoms with Crippen LogP contribution >= 0.6 is 0 Å². The van der Waals surface area contributed by atoms with Gasteiger partial charge in [0.05, 0.1) is 163 Å². The first-order valence-corrected chi connectivity index (χ1v) is 35.1. The van der Waals surface area contributed by atoms with E-state index in [1.54, 1.807) is 156 Å². The maximum atomic E-state index is 5.89. The Hall–Kier alpha value is -12.8. The van der Waals surface area contributed by atoms with Gasteiger partial charge in [0.25, 0.3) is 0 Å². The standard InChI is InChI=1S/2C18H22N4O3.2C13H16O3.2C12H18O4/c2*1-10(6-7-13-11(2)21-18(20)22-17(13)19)12-8-14(23-3)16(25-5)15(9-12)24-4;2*1-6-9(2)10-7-11(14-3)13(16-5)12(8-10)15-4;2*1-8(13-2)9-6-10(14-3)12(16-5)11(7-9)15-4/h2*8-10H,1-5H3,(H4,19,20,21,22);2*1,7-9H,2-5H3;2*6-8H,1-5H3/t2*10-;2*9-;2*8-/m101010/s1. The number of hydrogen-bond acceptors (Lipinski definition) is 28. The van der Waals surface area contributed by atoms with E-state index in [1.165, 1.54) is 0 Å². The molecule has 0 fully saturated rings. The highest BCUT2D eigenvalue weighted by Gasteiger charge is 2.22. The zero-order chi connectivity index (χ0) is 85.6. The van der Waals surface area contributed by atoms with Gasteiger partial charge in [0.1, 0.15) is 11.6 Å². The summed E-state index contributed by atoms with van der Waals surface area (Å²) in [6.45, 7) is 15.3. The Kier molecular flexibility index (Phi) is 40.3. The van der Waals surface area contributed by atoms with Gasteiger partial charge in [-0.15, -0.1) is 12.8 Å². The molecule has 28 heteroatoms. The number of hydrogen-bond donors (Lipinski definition) is 4. The normalized spacial score (nSPS) is 11.5. The van der Waals surface area contributed by atoms with E-state index in [-0.39, 0.29) is 59.4 Å². The van der Waals surface area contributed by atoms with Crippen LogP contribution < -0.4 is 108 Å². The van der Waals surface area contributed by atoms with Crippen molar-refractivity contribution < 1.29 is 94.7 Å². The van der Waals surface area contributed by atoms with Crippen LogP contribution in [-0.4, -0.2) is 162 Å². The molecule has 0 bridgehead atoms. The number of terminal acetylenes is 2. The van der Waals surface area contributed by atoms with Gasteiger partial charge in [0.2, 0.25) is 46.4 Å². The van der Waals surface area contributed by atoms with Crippen molar-refractivity contribution in [2.75, 3.05) is 165 Å². The number of ether oxygens (including phenoxy) is 20. The van der Waals surface area contributed by atoms with Crippen LogP contribution in [0.3, 0.4) is 0 Å². The molecular formula is C86H112N8O20. The molecule has 0 amide bonds. The van der Waals surface area contributed by atoms with Crippen LogP contribution in [0.5, 0.6) is 103 Å². The predicted octanol–water partition coefficient (Wildman–Crippen LogP) is 14.0. The van der Waals surface area contributed by atoms with Crippen molar-refractivity contribution in [2.24, 2.45) is 0 Å². The summed E-state index contributed by atoms with van der Waals surface area (Å²) in [6.07, 6.45) is 10.8. The van der Waals surface area contributed by atoms with Gasteiger partial charge in [-0.3, -0.25) is 0 Å². The molecule has 0 aliphatic heterocycles. The third-order valence-electron chi connectivity index (χ3n) is 17.4. The van der Waals surface area contributed by atoms with Gasteiger partial charge in [-0.05, 0) is 162 Å². The Morgan fingerprint density at radius 2 is 0.439 bits per heavy atom. The third-order valence-corrected chi connectivity index (χ3v) is 17.4. The zero-order valence-electron chi connectivity index (χ0n) is 70.8. The number of nitrogens with two attached hydrogens (primary N) is 4. The van der Waals surface area contributed by atoms with Crippen LogP contribution in [-0.2, 0) is 9.47 Å². The Morgan fingerprint density at radius 3 is 0.588 bits per heavy atom. The second kappa shape index (κ2) is 48.1. The van der Waals surface area contributed by atoms with Gasteiger partial charge < -0.3 is 118 Å². The topological polar surface area (TPSA) is 340 Å². The molecule has 0 unspecified atom stereocenters. The van der Waals surface area contributed by atoms with E-state index in [9.17, 15) is 0 Å². The quantitative estimate of drug-likeness (QED) is 0.0366. The number of nitrogens with zero attached hydrogens (tertiary/aromatic N) is 4. The second-order valence-electron chi connectivity index (χ2n) is 24.1. The summed E-state index contributed by atoms with van der Waals surface area (Å²) in [6, 6.07) is 22.5. The number of anilines is 4. The summed E-state index contributed by atoms with van der Waals surface area (Å²) < 4.78 is 106. The molecule has 6 aromatic carbocycles. The highest BCUT2D eigenvalue weighted by Crippen LogP contribution is 2.46. The molecule has 8 rings (SSSR count). The van der Waals surface area contributed by atoms with Crippen LogP contribution in [0, 0.1) is 62.2 Å². The molecule has 8 N–H and O–H groups in total. The smallest absolute Gasteiger partial charge is 0.222 e. The van der Waals surface area contributed by atoms with Crippen molar-refractivity contribution in [1.29, 1.82) is 0 Å². The first kappa shape index (κ1) is 95.4. The monoisotopic (exact) mass is 1580 g/mol. The molecule has 8 aromatic rings. The summed E-state index contributed by atoms with van der Waals surface area (Å²) in [7, 11) is 31.8. The van der Waals surface area contributed by atoms with Gasteiger partial charge in [0, 0.05) is 37.9 Å². The molecule has 0 radical (unpaired) electrons. The van der Waals surface area contributed by atoms with E-state index in [4.69, 9.17) is 131 Å². The van der Waals surface area contributed by atoms with Crippen LogP contribution in [0.4, 0.5) is 23.5 Å². The Bertz CT molecular complexity index is 4170. The number of rotatable bonds is 26. The maximum Gasteiger partial charge on any atom is 0.222 e. The van der Waals surface area contributed by atoms with Crippen LogP contribution in [0.2, 0.25) is 0 Å². The SMILES string of the molecule is C#C[C@@H](C)c1cc(OC)c(OC)c(OC)c1.C#C[C@H](C)c1cc(OC)c(OC)c(OC)c1.COc1cc([C@@H](C)C#Cc2c(C)nc(N)nc2N)cc(OC)c1OC.COc1cc([C@@H](C)OC)cc(OC)c1OC.COc1cc([C@H](C)C#Cc2c(C)nc(N)nc2N)cc(OC)c1OC.COc1cc([C@H](C)OC)cc(OC)c1OC. The first-order chi connectivity index (χ1) is 54.5. The molecule has 0 saturated heterocycles. The lowest BCUT2D eigenvalue weighted by atomic mass is 10.00. The minimum atomic E-state index is -0.106. The molecule has 2 heterocycles. The molecule has 0 aliphatic rings. The van der Waals surface area contributed by atoms with E-state index < -0.39 is 0 Å². The van der Waals surface area contributed by atoms with Crippen molar-refractivity contribution in [3.63, 3.8) is 0 Å². The highest BCUT2D eigenvalue weighted by atomic mass is 16.6. The molecule has 0 aliphatic carbocycles. The predicted molar refractivity (Wildman–Crippen MR) is 444 cm³/mol. The molecule has 0 spiro atoms. The highest BCUT2D eigenvalue weighted by molar-refractivity contribution is 5.62. The van der Waals surface area contributed by atoms with Crippen molar-refractivity contribution in [2.45, 2.75) is 91.3 Å². The minimum Gasteiger partial charge on any atom is -0.493 e. The van der Waals surface area contributed by atoms with Crippen LogP contribution in [0.1, 0.15) is 133 Å². The lowest BCUT2D eigenvalue weighted by Gasteiger charge is -2.16. The van der Waals surface area contributed by atoms with Crippen molar-refractivity contribution in [1.82, 2.24) is 19.9 Å². The molecule has 2 aromatic heterocycles. The van der Waals surface area contributed by atoms with Crippen molar-refractivity contribution in [3.05, 3.63) is 129 Å². The summed E-state index contributed by atoms with van der Waals surface area (Å²) >= 11 is 0. The lowest BCUT2D eigenvalue weighted by Crippen LogP contribution is -2.05. The Balaban J connectivity index is 0.000000359. The van der Waals surface area contributed by atoms with Gasteiger partial charge in [0.15, 0.2) is 69.0 Å². The number of aryl methyl sites for hydroxylation is 2. The van der Waals surface area contributed by atoms with E-state index in [0.29, 0.717) is 126 Å². The molecule has 0 saturated carbocycles. The number of methoxy groups -OCH3 is 20. The second-order valence-corrected chi connectivity index (χ2v) is 24.1. The fourth-order valence-corrected chi connectivity index (χ4v) is 10.6. The van der Waals surface area contributed by atoms with Gasteiger partial charge in [-0.25, -0.2) is 9.97 Å².